The van der Waals surface area contributed by atoms with Crippen LogP contribution in [0.15, 0.2) is 40.8 Å². The summed E-state index contributed by atoms with van der Waals surface area (Å²) >= 11 is 0. The third-order valence-electron chi connectivity index (χ3n) is 4.13. The Kier molecular flexibility index (Phi) is 2.11. The van der Waals surface area contributed by atoms with Gasteiger partial charge >= 0.3 is 0 Å². The molecule has 0 aliphatic heterocycles. The first-order valence-electron chi connectivity index (χ1n) is 6.56. The van der Waals surface area contributed by atoms with Crippen molar-refractivity contribution in [1.82, 2.24) is 9.97 Å². The molecule has 4 rings (SSSR count). The second-order valence-electron chi connectivity index (χ2n) is 5.42. The minimum atomic E-state index is -0.846. The smallest absolute Gasteiger partial charge is 0.257 e. The number of hydrogen-bond donors (Lipinski definition) is 3. The molecule has 2 aliphatic carbocycles. The maximum absolute atomic E-state index is 12.2. The highest BCUT2D eigenvalue weighted by Crippen LogP contribution is 2.40. The van der Waals surface area contributed by atoms with Crippen LogP contribution in [0.5, 0.6) is 0 Å². The molecule has 2 aromatic heterocycles. The number of allylic oxidation sites excluding steroid dienone is 2. The van der Waals surface area contributed by atoms with E-state index in [2.05, 4.69) is 9.97 Å². The Morgan fingerprint density at radius 2 is 2.20 bits per heavy atom. The number of nitrogens with two attached hydrogens (primary N) is 2. The van der Waals surface area contributed by atoms with Gasteiger partial charge in [0.25, 0.3) is 5.56 Å². The van der Waals surface area contributed by atoms with Crippen molar-refractivity contribution in [2.24, 2.45) is 11.5 Å². The molecule has 0 bridgehead atoms. The van der Waals surface area contributed by atoms with Crippen LogP contribution < -0.4 is 17.0 Å². The number of nitrogens with one attached hydrogen (secondary N) is 1. The van der Waals surface area contributed by atoms with Gasteiger partial charge in [0.05, 0.1) is 22.3 Å². The van der Waals surface area contributed by atoms with Crippen LogP contribution in [0.3, 0.4) is 0 Å². The Hall–Kier alpha value is -2.24. The zero-order valence-corrected chi connectivity index (χ0v) is 10.8. The molecule has 5 nitrogen and oxygen atoms in total. The first-order valence-corrected chi connectivity index (χ1v) is 6.56. The van der Waals surface area contributed by atoms with Crippen LogP contribution in [-0.2, 0) is 6.42 Å². The summed E-state index contributed by atoms with van der Waals surface area (Å²) < 4.78 is 0. The first-order chi connectivity index (χ1) is 9.58. The molecule has 20 heavy (non-hydrogen) atoms. The highest BCUT2D eigenvalue weighted by molar-refractivity contribution is 5.92. The van der Waals surface area contributed by atoms with E-state index in [0.717, 1.165) is 27.9 Å². The van der Waals surface area contributed by atoms with Crippen LogP contribution in [0.4, 0.5) is 0 Å². The average Bonchev–Trinajstić information content (AvgIpc) is 2.80. The Bertz CT molecular complexity index is 858. The second kappa shape index (κ2) is 3.65. The topological polar surface area (TPSA) is 97.8 Å². The lowest BCUT2D eigenvalue weighted by molar-refractivity contribution is 0.517. The molecule has 0 fully saturated rings. The second-order valence-corrected chi connectivity index (χ2v) is 5.42. The third-order valence-corrected chi connectivity index (χ3v) is 4.13. The van der Waals surface area contributed by atoms with Gasteiger partial charge in [0.15, 0.2) is 0 Å². The average molecular weight is 266 g/mol. The number of H-pyrrole nitrogens is 1. The van der Waals surface area contributed by atoms with Crippen LogP contribution in [0.25, 0.3) is 16.5 Å². The standard InChI is InChI=1S/C15H14N4O/c16-15(17)5-1-3-8-11(15)7-10-12-9(4-2-6-18-12)14(20)19-13(8)10/h1-4,6H,5,7,16-17H2,(H,19,20). The largest absolute Gasteiger partial charge is 0.321 e. The Balaban J connectivity index is 2.06. The monoisotopic (exact) mass is 266 g/mol. The van der Waals surface area contributed by atoms with E-state index in [1.807, 2.05) is 12.2 Å². The van der Waals surface area contributed by atoms with E-state index in [0.29, 0.717) is 18.2 Å². The van der Waals surface area contributed by atoms with E-state index in [4.69, 9.17) is 11.5 Å². The van der Waals surface area contributed by atoms with E-state index in [1.54, 1.807) is 18.3 Å². The molecule has 0 aromatic carbocycles. The van der Waals surface area contributed by atoms with Crippen molar-refractivity contribution in [2.45, 2.75) is 18.5 Å². The lowest BCUT2D eigenvalue weighted by Gasteiger charge is -2.28. The number of pyridine rings is 2. The van der Waals surface area contributed by atoms with Crippen molar-refractivity contribution in [3.8, 4) is 0 Å². The molecule has 5 heteroatoms. The maximum Gasteiger partial charge on any atom is 0.257 e. The summed E-state index contributed by atoms with van der Waals surface area (Å²) in [5.74, 6) is 0. The van der Waals surface area contributed by atoms with Crippen molar-refractivity contribution in [3.63, 3.8) is 0 Å². The van der Waals surface area contributed by atoms with Crippen molar-refractivity contribution in [1.29, 1.82) is 0 Å². The zero-order chi connectivity index (χ0) is 13.9. The van der Waals surface area contributed by atoms with Gasteiger partial charge in [-0.2, -0.15) is 0 Å². The van der Waals surface area contributed by atoms with E-state index in [-0.39, 0.29) is 5.56 Å². The quantitative estimate of drug-likeness (QED) is 0.614. The SMILES string of the molecule is NC1(N)CC=CC2=C1Cc1c2[nH]c(=O)c2cccnc12. The zero-order valence-electron chi connectivity index (χ0n) is 10.8. The molecular weight excluding hydrogens is 252 g/mol. The molecule has 0 saturated carbocycles. The Morgan fingerprint density at radius 3 is 3.05 bits per heavy atom. The number of fused-ring (bicyclic) bond motifs is 4. The molecule has 0 radical (unpaired) electrons. The van der Waals surface area contributed by atoms with Crippen LogP contribution in [0, 0.1) is 0 Å². The van der Waals surface area contributed by atoms with Crippen molar-refractivity contribution < 1.29 is 0 Å². The summed E-state index contributed by atoms with van der Waals surface area (Å²) in [6.45, 7) is 0. The van der Waals surface area contributed by atoms with Gasteiger partial charge in [0.2, 0.25) is 0 Å². The van der Waals surface area contributed by atoms with Crippen molar-refractivity contribution in [3.05, 3.63) is 57.7 Å². The van der Waals surface area contributed by atoms with Gasteiger partial charge in [0.1, 0.15) is 0 Å². The van der Waals surface area contributed by atoms with Gasteiger partial charge in [-0.3, -0.25) is 9.78 Å². The van der Waals surface area contributed by atoms with E-state index >= 15 is 0 Å². The number of rotatable bonds is 0. The lowest BCUT2D eigenvalue weighted by atomic mass is 9.89. The molecule has 2 heterocycles. The molecule has 0 unspecified atom stereocenters. The van der Waals surface area contributed by atoms with E-state index in [9.17, 15) is 4.79 Å². The third kappa shape index (κ3) is 1.39. The molecule has 5 N–H and O–H groups in total. The molecule has 100 valence electrons. The Labute approximate surface area is 115 Å². The number of aromatic amines is 1. The molecule has 2 aromatic rings. The summed E-state index contributed by atoms with van der Waals surface area (Å²) in [5.41, 5.74) is 15.9. The summed E-state index contributed by atoms with van der Waals surface area (Å²) in [6.07, 6.45) is 6.90. The molecule has 0 saturated heterocycles. The first kappa shape index (κ1) is 11.6. The normalized spacial score (nSPS) is 19.3. The van der Waals surface area contributed by atoms with E-state index in [1.165, 1.54) is 0 Å². The van der Waals surface area contributed by atoms with Crippen molar-refractivity contribution >= 4 is 16.5 Å². The Morgan fingerprint density at radius 1 is 1.35 bits per heavy atom. The van der Waals surface area contributed by atoms with Gasteiger partial charge in [-0.1, -0.05) is 12.2 Å². The minimum Gasteiger partial charge on any atom is -0.321 e. The van der Waals surface area contributed by atoms with Gasteiger partial charge in [-0.25, -0.2) is 0 Å². The molecule has 0 spiro atoms. The fourth-order valence-corrected chi connectivity index (χ4v) is 3.12. The van der Waals surface area contributed by atoms with Gasteiger partial charge in [0, 0.05) is 30.2 Å². The number of aromatic nitrogens is 2. The van der Waals surface area contributed by atoms with Crippen LogP contribution >= 0.6 is 0 Å². The minimum absolute atomic E-state index is 0.126. The summed E-state index contributed by atoms with van der Waals surface area (Å²) in [7, 11) is 0. The maximum atomic E-state index is 12.2. The predicted octanol–water partition coefficient (Wildman–Crippen LogP) is 0.806. The predicted molar refractivity (Wildman–Crippen MR) is 77.9 cm³/mol. The summed E-state index contributed by atoms with van der Waals surface area (Å²) in [4.78, 5) is 19.5. The fourth-order valence-electron chi connectivity index (χ4n) is 3.12. The summed E-state index contributed by atoms with van der Waals surface area (Å²) in [5, 5.41) is 0.606. The van der Waals surface area contributed by atoms with Gasteiger partial charge in [-0.15, -0.1) is 0 Å². The van der Waals surface area contributed by atoms with Gasteiger partial charge in [-0.05, 0) is 17.7 Å². The number of hydrogen-bond acceptors (Lipinski definition) is 4. The number of nitrogens with zero attached hydrogens (tertiary/aromatic N) is 1. The lowest BCUT2D eigenvalue weighted by Crippen LogP contribution is -2.51. The summed E-state index contributed by atoms with van der Waals surface area (Å²) in [6, 6.07) is 3.55. The van der Waals surface area contributed by atoms with Crippen LogP contribution in [-0.4, -0.2) is 15.6 Å². The molecular formula is C15H14N4O. The highest BCUT2D eigenvalue weighted by atomic mass is 16.1. The van der Waals surface area contributed by atoms with Crippen LogP contribution in [0.2, 0.25) is 0 Å². The van der Waals surface area contributed by atoms with Crippen molar-refractivity contribution in [2.75, 3.05) is 0 Å². The van der Waals surface area contributed by atoms with Gasteiger partial charge < -0.3 is 16.5 Å². The fraction of sp³-hybridized carbons (Fsp3) is 0.200. The van der Waals surface area contributed by atoms with E-state index < -0.39 is 5.66 Å². The molecule has 0 atom stereocenters. The molecule has 0 amide bonds. The highest BCUT2D eigenvalue weighted by Gasteiger charge is 2.35. The molecule has 2 aliphatic rings. The van der Waals surface area contributed by atoms with Crippen LogP contribution in [0.1, 0.15) is 17.7 Å².